The Morgan fingerprint density at radius 3 is 1.27 bits per heavy atom. The fourth-order valence-corrected chi connectivity index (χ4v) is 3.78. The monoisotopic (exact) mass is 398 g/mol. The first-order valence-electron chi connectivity index (χ1n) is 8.78. The Hall–Kier alpha value is -1.81. The summed E-state index contributed by atoms with van der Waals surface area (Å²) in [6.07, 6.45) is 0. The molecule has 0 aromatic heterocycles. The van der Waals surface area contributed by atoms with Gasteiger partial charge in [-0.25, -0.2) is 9.59 Å². The molecule has 146 valence electrons. The molecule has 1 rings (SSSR count). The number of hydrogen-bond acceptors (Lipinski definition) is 6. The minimum atomic E-state index is -2.03. The van der Waals surface area contributed by atoms with Crippen LogP contribution in [0.4, 0.5) is 0 Å². The fraction of sp³-hybridized carbons (Fsp3) is 0.556. The average Bonchev–Trinajstić information content (AvgIpc) is 2.45. The van der Waals surface area contributed by atoms with Crippen LogP contribution < -0.4 is 8.85 Å². The highest BCUT2D eigenvalue weighted by molar-refractivity contribution is 6.71. The summed E-state index contributed by atoms with van der Waals surface area (Å²) in [6, 6.07) is 3.08. The van der Waals surface area contributed by atoms with Crippen molar-refractivity contribution in [2.75, 3.05) is 13.2 Å². The van der Waals surface area contributed by atoms with E-state index >= 15 is 0 Å². The molecule has 26 heavy (non-hydrogen) atoms. The van der Waals surface area contributed by atoms with Crippen molar-refractivity contribution < 1.29 is 27.9 Å². The molecule has 0 atom stereocenters. The smallest absolute Gasteiger partial charge is 0.341 e. The summed E-state index contributed by atoms with van der Waals surface area (Å²) in [4.78, 5) is 24.9. The molecule has 1 aromatic rings. The van der Waals surface area contributed by atoms with Gasteiger partial charge in [0.05, 0.1) is 13.2 Å². The lowest BCUT2D eigenvalue weighted by atomic mass is 10.1. The lowest BCUT2D eigenvalue weighted by Gasteiger charge is -2.25. The van der Waals surface area contributed by atoms with E-state index in [0.29, 0.717) is 11.5 Å². The van der Waals surface area contributed by atoms with Crippen molar-refractivity contribution in [3.63, 3.8) is 0 Å². The Bertz CT molecular complexity index is 601. The highest BCUT2D eigenvalue weighted by Gasteiger charge is 2.28. The Morgan fingerprint density at radius 1 is 0.731 bits per heavy atom. The summed E-state index contributed by atoms with van der Waals surface area (Å²) < 4.78 is 22.4. The van der Waals surface area contributed by atoms with Gasteiger partial charge in [-0.3, -0.25) is 0 Å². The number of hydrogen-bond donors (Lipinski definition) is 0. The highest BCUT2D eigenvalue weighted by Crippen LogP contribution is 2.33. The van der Waals surface area contributed by atoms with Gasteiger partial charge >= 0.3 is 11.9 Å². The van der Waals surface area contributed by atoms with Crippen molar-refractivity contribution in [3.05, 3.63) is 23.3 Å². The number of carbonyl (C=O) groups is 2. The van der Waals surface area contributed by atoms with Crippen molar-refractivity contribution in [1.82, 2.24) is 0 Å². The molecule has 0 bridgehead atoms. The lowest BCUT2D eigenvalue weighted by Crippen LogP contribution is -2.32. The van der Waals surface area contributed by atoms with E-state index in [2.05, 4.69) is 0 Å². The molecule has 0 spiro atoms. The van der Waals surface area contributed by atoms with Gasteiger partial charge in [-0.2, -0.15) is 0 Å². The van der Waals surface area contributed by atoms with Gasteiger partial charge in [0, 0.05) is 0 Å². The second kappa shape index (κ2) is 8.72. The molecule has 6 nitrogen and oxygen atoms in total. The van der Waals surface area contributed by atoms with Crippen LogP contribution >= 0.6 is 0 Å². The molecule has 0 N–H and O–H groups in total. The highest BCUT2D eigenvalue weighted by atomic mass is 28.4. The molecular formula is C18H30O6Si2. The van der Waals surface area contributed by atoms with Crippen LogP contribution in [0, 0.1) is 0 Å². The van der Waals surface area contributed by atoms with E-state index < -0.39 is 28.6 Å². The summed E-state index contributed by atoms with van der Waals surface area (Å²) in [5.74, 6) is -0.352. The Balaban J connectivity index is 3.58. The fourth-order valence-electron chi connectivity index (χ4n) is 2.13. The Labute approximate surface area is 158 Å². The first kappa shape index (κ1) is 22.2. The zero-order chi connectivity index (χ0) is 20.1. The minimum absolute atomic E-state index is 0.245. The molecule has 0 unspecified atom stereocenters. The molecule has 0 saturated heterocycles. The van der Waals surface area contributed by atoms with Gasteiger partial charge in [-0.05, 0) is 65.3 Å². The number of carbonyl (C=O) groups excluding carboxylic acids is 2. The molecule has 1 aromatic carbocycles. The van der Waals surface area contributed by atoms with Crippen LogP contribution in [0.3, 0.4) is 0 Å². The molecular weight excluding hydrogens is 368 g/mol. The van der Waals surface area contributed by atoms with E-state index in [1.54, 1.807) is 13.8 Å². The average molecular weight is 399 g/mol. The van der Waals surface area contributed by atoms with E-state index in [-0.39, 0.29) is 24.3 Å². The van der Waals surface area contributed by atoms with Crippen LogP contribution in [-0.4, -0.2) is 41.8 Å². The van der Waals surface area contributed by atoms with Crippen LogP contribution in [0.1, 0.15) is 34.6 Å². The zero-order valence-electron chi connectivity index (χ0n) is 17.0. The van der Waals surface area contributed by atoms with Crippen LogP contribution in [-0.2, 0) is 9.47 Å². The van der Waals surface area contributed by atoms with E-state index in [1.165, 1.54) is 12.1 Å². The first-order valence-corrected chi connectivity index (χ1v) is 15.6. The maximum atomic E-state index is 12.4. The maximum absolute atomic E-state index is 12.4. The predicted octanol–water partition coefficient (Wildman–Crippen LogP) is 4.47. The molecule has 0 fully saturated rings. The quantitative estimate of drug-likeness (QED) is 0.475. The van der Waals surface area contributed by atoms with Gasteiger partial charge in [-0.15, -0.1) is 0 Å². The predicted molar refractivity (Wildman–Crippen MR) is 106 cm³/mol. The van der Waals surface area contributed by atoms with Crippen LogP contribution in [0.25, 0.3) is 0 Å². The summed E-state index contributed by atoms with van der Waals surface area (Å²) in [6.45, 7) is 16.0. The van der Waals surface area contributed by atoms with Gasteiger partial charge in [-0.1, -0.05) is 0 Å². The molecule has 0 amide bonds. The summed E-state index contributed by atoms with van der Waals surface area (Å²) in [5, 5.41) is 0. The topological polar surface area (TPSA) is 71.1 Å². The van der Waals surface area contributed by atoms with E-state index in [0.717, 1.165) is 0 Å². The zero-order valence-corrected chi connectivity index (χ0v) is 19.0. The second-order valence-electron chi connectivity index (χ2n) is 7.71. The van der Waals surface area contributed by atoms with Crippen LogP contribution in [0.2, 0.25) is 39.3 Å². The normalized spacial score (nSPS) is 11.7. The minimum Gasteiger partial charge on any atom is -0.544 e. The third-order valence-corrected chi connectivity index (χ3v) is 4.57. The Kier molecular flexibility index (Phi) is 7.46. The molecule has 0 heterocycles. The van der Waals surface area contributed by atoms with Crippen molar-refractivity contribution in [2.24, 2.45) is 0 Å². The summed E-state index contributed by atoms with van der Waals surface area (Å²) in [7, 11) is -4.06. The summed E-state index contributed by atoms with van der Waals surface area (Å²) in [5.41, 5.74) is 0.520. The molecule has 0 aliphatic rings. The van der Waals surface area contributed by atoms with Gasteiger partial charge in [0.1, 0.15) is 22.6 Å². The van der Waals surface area contributed by atoms with Crippen molar-refractivity contribution in [3.8, 4) is 11.5 Å². The number of rotatable bonds is 8. The number of benzene rings is 1. The van der Waals surface area contributed by atoms with E-state index in [1.807, 2.05) is 39.3 Å². The maximum Gasteiger partial charge on any atom is 0.341 e. The van der Waals surface area contributed by atoms with Gasteiger partial charge in [0.2, 0.25) is 16.6 Å². The molecule has 0 aliphatic heterocycles. The Morgan fingerprint density at radius 2 is 1.04 bits per heavy atom. The van der Waals surface area contributed by atoms with Crippen LogP contribution in [0.5, 0.6) is 11.5 Å². The lowest BCUT2D eigenvalue weighted by molar-refractivity contribution is 0.0507. The molecule has 0 radical (unpaired) electrons. The molecule has 0 saturated carbocycles. The van der Waals surface area contributed by atoms with Gasteiger partial charge < -0.3 is 18.3 Å². The third kappa shape index (κ3) is 6.83. The van der Waals surface area contributed by atoms with Crippen LogP contribution in [0.15, 0.2) is 12.1 Å². The van der Waals surface area contributed by atoms with Gasteiger partial charge in [0.25, 0.3) is 0 Å². The van der Waals surface area contributed by atoms with Gasteiger partial charge in [0.15, 0.2) is 0 Å². The van der Waals surface area contributed by atoms with E-state index in [9.17, 15) is 9.59 Å². The number of esters is 2. The first-order chi connectivity index (χ1) is 11.9. The second-order valence-corrected chi connectivity index (χ2v) is 16.6. The van der Waals surface area contributed by atoms with Crippen molar-refractivity contribution in [2.45, 2.75) is 53.1 Å². The van der Waals surface area contributed by atoms with E-state index in [4.69, 9.17) is 18.3 Å². The largest absolute Gasteiger partial charge is 0.544 e. The van der Waals surface area contributed by atoms with Crippen molar-refractivity contribution >= 4 is 28.6 Å². The van der Waals surface area contributed by atoms with Crippen molar-refractivity contribution in [1.29, 1.82) is 0 Å². The number of ether oxygens (including phenoxy) is 2. The molecule has 0 aliphatic carbocycles. The SMILES string of the molecule is CCOC(=O)c1cc(O[Si](C)(C)C)c(C(=O)OCC)cc1O[Si](C)(C)C. The molecule has 8 heteroatoms. The summed E-state index contributed by atoms with van der Waals surface area (Å²) >= 11 is 0. The standard InChI is InChI=1S/C18H30O6Si2/c1-9-21-17(19)13-11-16(24-26(6,7)8)14(18(20)22-10-2)12-15(13)23-25(3,4)5/h11-12H,9-10H2,1-8H3. The third-order valence-electron chi connectivity index (χ3n) is 2.90.